The van der Waals surface area contributed by atoms with Gasteiger partial charge < -0.3 is 0 Å². The lowest BCUT2D eigenvalue weighted by atomic mass is 10.0. The first-order chi connectivity index (χ1) is 22.8. The molecule has 4 heterocycles. The zero-order valence-electron chi connectivity index (χ0n) is 24.7. The molecule has 0 bridgehead atoms. The lowest BCUT2D eigenvalue weighted by Crippen LogP contribution is -1.97. The molecule has 5 aromatic carbocycles. The Morgan fingerprint density at radius 2 is 1.02 bits per heavy atom. The normalized spacial score (nSPS) is 11.5. The summed E-state index contributed by atoms with van der Waals surface area (Å²) in [4.78, 5) is 25.2. The topological polar surface area (TPSA) is 64.5 Å². The first-order valence-electron chi connectivity index (χ1n) is 15.3. The second-order valence-electron chi connectivity index (χ2n) is 11.3. The van der Waals surface area contributed by atoms with Gasteiger partial charge in [0.25, 0.3) is 0 Å². The average Bonchev–Trinajstić information content (AvgIpc) is 3.14. The van der Waals surface area contributed by atoms with Crippen LogP contribution in [0.25, 0.3) is 88.8 Å². The van der Waals surface area contributed by atoms with Gasteiger partial charge in [0.15, 0.2) is 5.82 Å². The largest absolute Gasteiger partial charge is 0.256 e. The molecule has 0 fully saturated rings. The Morgan fingerprint density at radius 3 is 1.85 bits per heavy atom. The van der Waals surface area contributed by atoms with Crippen LogP contribution in [0, 0.1) is 0 Å². The van der Waals surface area contributed by atoms with Crippen LogP contribution in [0.2, 0.25) is 0 Å². The summed E-state index contributed by atoms with van der Waals surface area (Å²) in [6.07, 6.45) is 1.83. The lowest BCUT2D eigenvalue weighted by Gasteiger charge is -2.12. The Bertz CT molecular complexity index is 2590. The van der Waals surface area contributed by atoms with Crippen LogP contribution in [0.1, 0.15) is 0 Å². The fourth-order valence-electron chi connectivity index (χ4n) is 6.22. The van der Waals surface area contributed by atoms with Gasteiger partial charge >= 0.3 is 0 Å². The number of fused-ring (bicyclic) bond motifs is 5. The minimum Gasteiger partial charge on any atom is -0.256 e. The highest BCUT2D eigenvalue weighted by Crippen LogP contribution is 2.34. The molecule has 9 aromatic rings. The van der Waals surface area contributed by atoms with Gasteiger partial charge in [-0.15, -0.1) is 0 Å². The molecule has 0 aliphatic carbocycles. The van der Waals surface area contributed by atoms with Crippen LogP contribution in [-0.2, 0) is 0 Å². The van der Waals surface area contributed by atoms with Crippen molar-refractivity contribution >= 4 is 43.6 Å². The van der Waals surface area contributed by atoms with Crippen LogP contribution in [0.3, 0.4) is 0 Å². The van der Waals surface area contributed by atoms with Crippen LogP contribution < -0.4 is 0 Å². The molecule has 0 radical (unpaired) electrons. The summed E-state index contributed by atoms with van der Waals surface area (Å²) < 4.78 is 0. The quantitative estimate of drug-likeness (QED) is 0.192. The van der Waals surface area contributed by atoms with Gasteiger partial charge in [-0.2, -0.15) is 0 Å². The predicted molar refractivity (Wildman–Crippen MR) is 187 cm³/mol. The first-order valence-corrected chi connectivity index (χ1v) is 15.3. The summed E-state index contributed by atoms with van der Waals surface area (Å²) in [5.74, 6) is 0.656. The van der Waals surface area contributed by atoms with E-state index < -0.39 is 0 Å². The van der Waals surface area contributed by atoms with Crippen LogP contribution >= 0.6 is 0 Å². The van der Waals surface area contributed by atoms with Crippen molar-refractivity contribution in [3.05, 3.63) is 152 Å². The molecule has 0 atom stereocenters. The lowest BCUT2D eigenvalue weighted by molar-refractivity contribution is 1.23. The molecule has 0 aliphatic heterocycles. The second-order valence-corrected chi connectivity index (χ2v) is 11.3. The van der Waals surface area contributed by atoms with Crippen molar-refractivity contribution in [1.29, 1.82) is 0 Å². The predicted octanol–water partition coefficient (Wildman–Crippen LogP) is 9.94. The van der Waals surface area contributed by atoms with Gasteiger partial charge in [-0.25, -0.2) is 19.9 Å². The number of rotatable bonds is 4. The maximum atomic E-state index is 5.18. The van der Waals surface area contributed by atoms with Crippen molar-refractivity contribution in [1.82, 2.24) is 24.9 Å². The number of hydrogen-bond acceptors (Lipinski definition) is 5. The van der Waals surface area contributed by atoms with Crippen molar-refractivity contribution < 1.29 is 0 Å². The SMILES string of the molecule is c1ccc(-c2ccc3ccc4ccc(-c5cccc(-c6nc(-c7cccc8cccnc78)c7ccccc7n6)c5)nc4c3n2)cc1. The van der Waals surface area contributed by atoms with Crippen LogP contribution in [0.15, 0.2) is 152 Å². The van der Waals surface area contributed by atoms with Crippen molar-refractivity contribution in [2.75, 3.05) is 0 Å². The van der Waals surface area contributed by atoms with Crippen molar-refractivity contribution in [3.8, 4) is 45.2 Å². The number of hydrogen-bond donors (Lipinski definition) is 0. The van der Waals surface area contributed by atoms with E-state index in [0.717, 1.165) is 82.9 Å². The van der Waals surface area contributed by atoms with Gasteiger partial charge in [0.1, 0.15) is 0 Å². The zero-order valence-corrected chi connectivity index (χ0v) is 24.7. The standard InChI is InChI=1S/C41H25N5/c1-2-9-26(10-3-1)34-22-20-28-18-19-29-21-23-35(44-39(29)38(28)43-34)30-12-6-13-31(25-30)41-45-36-17-5-4-15-32(36)40(46-41)33-16-7-11-27-14-8-24-42-37(27)33/h1-25H. The summed E-state index contributed by atoms with van der Waals surface area (Å²) in [5.41, 5.74) is 10.2. The Kier molecular flexibility index (Phi) is 6.06. The van der Waals surface area contributed by atoms with Crippen molar-refractivity contribution in [3.63, 3.8) is 0 Å². The van der Waals surface area contributed by atoms with Crippen molar-refractivity contribution in [2.24, 2.45) is 0 Å². The molecule has 0 saturated heterocycles. The summed E-state index contributed by atoms with van der Waals surface area (Å²) >= 11 is 0. The fraction of sp³-hybridized carbons (Fsp3) is 0. The van der Waals surface area contributed by atoms with Crippen LogP contribution in [0.4, 0.5) is 0 Å². The highest BCUT2D eigenvalue weighted by Gasteiger charge is 2.15. The van der Waals surface area contributed by atoms with E-state index in [1.807, 2.05) is 54.7 Å². The molecule has 0 aliphatic rings. The molecule has 0 saturated carbocycles. The van der Waals surface area contributed by atoms with E-state index in [4.69, 9.17) is 24.9 Å². The van der Waals surface area contributed by atoms with Gasteiger partial charge in [0.05, 0.1) is 39.1 Å². The van der Waals surface area contributed by atoms with Crippen molar-refractivity contribution in [2.45, 2.75) is 0 Å². The van der Waals surface area contributed by atoms with E-state index >= 15 is 0 Å². The monoisotopic (exact) mass is 587 g/mol. The van der Waals surface area contributed by atoms with Gasteiger partial charge in [-0.3, -0.25) is 4.98 Å². The first kappa shape index (κ1) is 26.1. The Hall–Kier alpha value is -6.33. The molecule has 46 heavy (non-hydrogen) atoms. The van der Waals surface area contributed by atoms with Crippen LogP contribution in [0.5, 0.6) is 0 Å². The fourth-order valence-corrected chi connectivity index (χ4v) is 6.22. The molecule has 0 spiro atoms. The third kappa shape index (κ3) is 4.45. The van der Waals surface area contributed by atoms with E-state index in [1.165, 1.54) is 0 Å². The third-order valence-electron chi connectivity index (χ3n) is 8.50. The van der Waals surface area contributed by atoms with Gasteiger partial charge in [0, 0.05) is 50.0 Å². The summed E-state index contributed by atoms with van der Waals surface area (Å²) in [7, 11) is 0. The van der Waals surface area contributed by atoms with Crippen LogP contribution in [-0.4, -0.2) is 24.9 Å². The Morgan fingerprint density at radius 1 is 0.391 bits per heavy atom. The Balaban J connectivity index is 1.19. The minimum absolute atomic E-state index is 0.656. The van der Waals surface area contributed by atoms with Gasteiger partial charge in [-0.05, 0) is 30.3 Å². The summed E-state index contributed by atoms with van der Waals surface area (Å²) in [5, 5.41) is 4.18. The molecule has 5 nitrogen and oxygen atoms in total. The summed E-state index contributed by atoms with van der Waals surface area (Å²) in [6, 6.07) is 49.6. The van der Waals surface area contributed by atoms with E-state index in [2.05, 4.69) is 97.1 Å². The third-order valence-corrected chi connectivity index (χ3v) is 8.50. The number of aromatic nitrogens is 5. The maximum Gasteiger partial charge on any atom is 0.160 e. The molecule has 0 amide bonds. The second kappa shape index (κ2) is 10.7. The number of nitrogens with zero attached hydrogens (tertiary/aromatic N) is 5. The molecule has 214 valence electrons. The highest BCUT2D eigenvalue weighted by molar-refractivity contribution is 6.04. The molecule has 0 N–H and O–H groups in total. The molecular weight excluding hydrogens is 562 g/mol. The van der Waals surface area contributed by atoms with E-state index in [1.54, 1.807) is 0 Å². The molecule has 0 unspecified atom stereocenters. The van der Waals surface area contributed by atoms with E-state index in [9.17, 15) is 0 Å². The van der Waals surface area contributed by atoms with Gasteiger partial charge in [0.2, 0.25) is 0 Å². The number of para-hydroxylation sites is 2. The summed E-state index contributed by atoms with van der Waals surface area (Å²) in [6.45, 7) is 0. The highest BCUT2D eigenvalue weighted by atomic mass is 14.9. The molecule has 4 aromatic heterocycles. The minimum atomic E-state index is 0.656. The Labute approximate surface area is 264 Å². The molecule has 5 heteroatoms. The van der Waals surface area contributed by atoms with Gasteiger partial charge in [-0.1, -0.05) is 115 Å². The maximum absolute atomic E-state index is 5.18. The van der Waals surface area contributed by atoms with E-state index in [0.29, 0.717) is 5.82 Å². The molecule has 9 rings (SSSR count). The molecular formula is C41H25N5. The number of benzene rings is 5. The average molecular weight is 588 g/mol. The number of pyridine rings is 3. The zero-order chi connectivity index (χ0) is 30.5. The smallest absolute Gasteiger partial charge is 0.160 e. The van der Waals surface area contributed by atoms with E-state index in [-0.39, 0.29) is 0 Å².